The molecule has 0 aliphatic rings. The quantitative estimate of drug-likeness (QED) is 0.580. The van der Waals surface area contributed by atoms with Crippen LogP contribution in [0.25, 0.3) is 11.2 Å². The molecule has 2 N–H and O–H groups in total. The fourth-order valence-electron chi connectivity index (χ4n) is 3.05. The van der Waals surface area contributed by atoms with E-state index in [1.165, 1.54) is 17.4 Å². The van der Waals surface area contributed by atoms with E-state index in [4.69, 9.17) is 11.6 Å². The van der Waals surface area contributed by atoms with Crippen LogP contribution in [0.3, 0.4) is 0 Å². The van der Waals surface area contributed by atoms with E-state index in [-0.39, 0.29) is 0 Å². The highest BCUT2D eigenvalue weighted by Crippen LogP contribution is 2.19. The van der Waals surface area contributed by atoms with Crippen molar-refractivity contribution in [1.29, 1.82) is 0 Å². The molecule has 0 saturated carbocycles. The third-order valence-electron chi connectivity index (χ3n) is 4.57. The van der Waals surface area contributed by atoms with Crippen LogP contribution in [0.5, 0.6) is 0 Å². The van der Waals surface area contributed by atoms with E-state index in [9.17, 15) is 9.59 Å². The van der Waals surface area contributed by atoms with E-state index in [0.717, 1.165) is 24.9 Å². The maximum atomic E-state index is 12.5. The molecule has 0 amide bonds. The van der Waals surface area contributed by atoms with Crippen molar-refractivity contribution >= 4 is 28.7 Å². The molecule has 0 saturated heterocycles. The van der Waals surface area contributed by atoms with Crippen LogP contribution in [0.4, 0.5) is 5.95 Å². The minimum atomic E-state index is -0.474. The first kappa shape index (κ1) is 19.2. The molecule has 0 unspecified atom stereocenters. The van der Waals surface area contributed by atoms with Crippen molar-refractivity contribution in [2.24, 2.45) is 7.05 Å². The van der Waals surface area contributed by atoms with E-state index >= 15 is 0 Å². The predicted molar refractivity (Wildman–Crippen MR) is 109 cm³/mol. The van der Waals surface area contributed by atoms with Crippen LogP contribution in [0.15, 0.2) is 33.9 Å². The van der Waals surface area contributed by atoms with Crippen molar-refractivity contribution in [3.63, 3.8) is 0 Å². The zero-order valence-electron chi connectivity index (χ0n) is 15.6. The summed E-state index contributed by atoms with van der Waals surface area (Å²) in [7, 11) is 1.60. The van der Waals surface area contributed by atoms with Gasteiger partial charge in [-0.15, -0.1) is 0 Å². The number of halogens is 1. The van der Waals surface area contributed by atoms with E-state index < -0.39 is 11.2 Å². The minimum Gasteiger partial charge on any atom is -0.356 e. The summed E-state index contributed by atoms with van der Waals surface area (Å²) < 4.78 is 3.17. The van der Waals surface area contributed by atoms with Crippen LogP contribution in [0, 0.1) is 0 Å². The average Bonchev–Trinajstić information content (AvgIpc) is 3.00. The molecular weight excluding hydrogens is 366 g/mol. The molecule has 0 aliphatic carbocycles. The minimum absolute atomic E-state index is 0.369. The Kier molecular flexibility index (Phi) is 6.01. The summed E-state index contributed by atoms with van der Waals surface area (Å²) in [5, 5.41) is 3.98. The summed E-state index contributed by atoms with van der Waals surface area (Å²) in [5.41, 5.74) is 0.824. The van der Waals surface area contributed by atoms with E-state index in [2.05, 4.69) is 22.2 Å². The molecule has 0 atom stereocenters. The Morgan fingerprint density at radius 3 is 2.59 bits per heavy atom. The zero-order valence-corrected chi connectivity index (χ0v) is 16.3. The Bertz CT molecular complexity index is 1030. The van der Waals surface area contributed by atoms with Crippen LogP contribution in [0.2, 0.25) is 5.02 Å². The van der Waals surface area contributed by atoms with Crippen molar-refractivity contribution in [3.8, 4) is 0 Å². The standard InChI is InChI=1S/C19H24ClN5O2/c1-3-4-5-6-11-21-18-22-16-15(17(26)23-19(27)24(16)2)25(18)12-13-7-9-14(20)10-8-13/h7-10H,3-6,11-12H2,1-2H3,(H,21,22)(H,23,26,27). The van der Waals surface area contributed by atoms with Gasteiger partial charge in [0.05, 0.1) is 6.54 Å². The van der Waals surface area contributed by atoms with Gasteiger partial charge in [0.1, 0.15) is 0 Å². The molecule has 3 aromatic rings. The van der Waals surface area contributed by atoms with Crippen molar-refractivity contribution in [2.45, 2.75) is 39.2 Å². The third-order valence-corrected chi connectivity index (χ3v) is 4.83. The number of unbranched alkanes of at least 4 members (excludes halogenated alkanes) is 3. The molecule has 1 aromatic carbocycles. The van der Waals surface area contributed by atoms with Gasteiger partial charge in [-0.05, 0) is 24.1 Å². The molecule has 0 spiro atoms. The summed E-state index contributed by atoms with van der Waals surface area (Å²) in [6, 6.07) is 7.45. The molecule has 0 bridgehead atoms. The van der Waals surface area contributed by atoms with E-state index in [1.807, 2.05) is 28.8 Å². The number of fused-ring (bicyclic) bond motifs is 1. The number of hydrogen-bond acceptors (Lipinski definition) is 4. The number of rotatable bonds is 8. The maximum absolute atomic E-state index is 12.5. The Morgan fingerprint density at radius 1 is 1.15 bits per heavy atom. The highest BCUT2D eigenvalue weighted by Gasteiger charge is 2.17. The van der Waals surface area contributed by atoms with E-state index in [0.29, 0.717) is 28.7 Å². The van der Waals surface area contributed by atoms with Gasteiger partial charge in [0.2, 0.25) is 5.95 Å². The second-order valence-electron chi connectivity index (χ2n) is 6.63. The fourth-order valence-corrected chi connectivity index (χ4v) is 3.17. The lowest BCUT2D eigenvalue weighted by Gasteiger charge is -2.10. The zero-order chi connectivity index (χ0) is 19.4. The third kappa shape index (κ3) is 4.24. The molecule has 144 valence electrons. The fraction of sp³-hybridized carbons (Fsp3) is 0.421. The Balaban J connectivity index is 2.00. The van der Waals surface area contributed by atoms with E-state index in [1.54, 1.807) is 7.05 Å². The monoisotopic (exact) mass is 389 g/mol. The largest absolute Gasteiger partial charge is 0.356 e. The van der Waals surface area contributed by atoms with Crippen molar-refractivity contribution in [2.75, 3.05) is 11.9 Å². The number of aryl methyl sites for hydroxylation is 1. The molecule has 2 heterocycles. The number of anilines is 1. The van der Waals surface area contributed by atoms with Crippen LogP contribution in [-0.4, -0.2) is 25.6 Å². The average molecular weight is 390 g/mol. The molecule has 27 heavy (non-hydrogen) atoms. The lowest BCUT2D eigenvalue weighted by Crippen LogP contribution is -2.29. The topological polar surface area (TPSA) is 84.7 Å². The highest BCUT2D eigenvalue weighted by atomic mass is 35.5. The second-order valence-corrected chi connectivity index (χ2v) is 7.06. The number of imidazole rings is 1. The Morgan fingerprint density at radius 2 is 1.89 bits per heavy atom. The highest BCUT2D eigenvalue weighted by molar-refractivity contribution is 6.30. The first-order valence-corrected chi connectivity index (χ1v) is 9.57. The SMILES string of the molecule is CCCCCCNc1nc2c(c(=O)[nH]c(=O)n2C)n1Cc1ccc(Cl)cc1. The van der Waals surface area contributed by atoms with Gasteiger partial charge in [0, 0.05) is 18.6 Å². The van der Waals surface area contributed by atoms with Crippen LogP contribution >= 0.6 is 11.6 Å². The number of H-pyrrole nitrogens is 1. The van der Waals surface area contributed by atoms with Gasteiger partial charge in [-0.25, -0.2) is 4.79 Å². The molecule has 7 nitrogen and oxygen atoms in total. The number of nitrogens with zero attached hydrogens (tertiary/aromatic N) is 3. The van der Waals surface area contributed by atoms with Gasteiger partial charge in [-0.2, -0.15) is 4.98 Å². The molecule has 8 heteroatoms. The molecular formula is C19H24ClN5O2. The summed E-state index contributed by atoms with van der Waals surface area (Å²) in [4.78, 5) is 31.3. The molecule has 3 rings (SSSR count). The van der Waals surface area contributed by atoms with Gasteiger partial charge >= 0.3 is 5.69 Å². The van der Waals surface area contributed by atoms with Gasteiger partial charge in [0.25, 0.3) is 5.56 Å². The van der Waals surface area contributed by atoms with Gasteiger partial charge in [0.15, 0.2) is 11.2 Å². The summed E-state index contributed by atoms with van der Waals surface area (Å²) in [6.45, 7) is 3.38. The summed E-state index contributed by atoms with van der Waals surface area (Å²) >= 11 is 5.97. The first-order valence-electron chi connectivity index (χ1n) is 9.19. The van der Waals surface area contributed by atoms with Crippen LogP contribution in [0.1, 0.15) is 38.2 Å². The van der Waals surface area contributed by atoms with Gasteiger partial charge < -0.3 is 5.32 Å². The predicted octanol–water partition coefficient (Wildman–Crippen LogP) is 3.12. The lowest BCUT2D eigenvalue weighted by atomic mass is 10.2. The Hall–Kier alpha value is -2.54. The van der Waals surface area contributed by atoms with Crippen molar-refractivity contribution in [1.82, 2.24) is 19.1 Å². The molecule has 0 aliphatic heterocycles. The molecule has 0 radical (unpaired) electrons. The summed E-state index contributed by atoms with van der Waals surface area (Å²) in [6.07, 6.45) is 4.52. The van der Waals surface area contributed by atoms with Crippen molar-refractivity contribution in [3.05, 3.63) is 55.7 Å². The van der Waals surface area contributed by atoms with Crippen molar-refractivity contribution < 1.29 is 0 Å². The number of hydrogen-bond donors (Lipinski definition) is 2. The molecule has 2 aromatic heterocycles. The maximum Gasteiger partial charge on any atom is 0.329 e. The number of benzene rings is 1. The first-order chi connectivity index (χ1) is 13.0. The summed E-state index contributed by atoms with van der Waals surface area (Å²) in [5.74, 6) is 0.586. The number of nitrogens with one attached hydrogen (secondary N) is 2. The van der Waals surface area contributed by atoms with Gasteiger partial charge in [-0.3, -0.25) is 18.9 Å². The molecule has 0 fully saturated rings. The lowest BCUT2D eigenvalue weighted by molar-refractivity contribution is 0.680. The second kappa shape index (κ2) is 8.43. The number of aromatic nitrogens is 4. The number of aromatic amines is 1. The smallest absolute Gasteiger partial charge is 0.329 e. The Labute approximate surface area is 162 Å². The van der Waals surface area contributed by atoms with Crippen LogP contribution < -0.4 is 16.6 Å². The normalized spacial score (nSPS) is 11.2. The van der Waals surface area contributed by atoms with Gasteiger partial charge in [-0.1, -0.05) is 49.9 Å². The van der Waals surface area contributed by atoms with Crippen LogP contribution in [-0.2, 0) is 13.6 Å².